The second-order valence-corrected chi connectivity index (χ2v) is 6.92. The fourth-order valence-electron chi connectivity index (χ4n) is 3.42. The Hall–Kier alpha value is -3.03. The molecule has 0 saturated carbocycles. The van der Waals surface area contributed by atoms with E-state index in [4.69, 9.17) is 14.2 Å². The maximum atomic E-state index is 12.5. The largest absolute Gasteiger partial charge is 0.493 e. The van der Waals surface area contributed by atoms with Crippen LogP contribution in [0.1, 0.15) is 24.6 Å². The van der Waals surface area contributed by atoms with E-state index in [2.05, 4.69) is 17.3 Å². The van der Waals surface area contributed by atoms with Crippen LogP contribution in [0.5, 0.6) is 17.2 Å². The van der Waals surface area contributed by atoms with Crippen LogP contribution in [0.15, 0.2) is 23.0 Å². The number of anilines is 1. The number of carbonyl (C=O) groups is 1. The van der Waals surface area contributed by atoms with Gasteiger partial charge in [-0.05, 0) is 30.7 Å². The Bertz CT molecular complexity index is 913. The van der Waals surface area contributed by atoms with Gasteiger partial charge in [-0.15, -0.1) is 0 Å². The average Bonchev–Trinajstić information content (AvgIpc) is 2.67. The van der Waals surface area contributed by atoms with E-state index in [1.165, 1.54) is 26.0 Å². The number of methoxy groups -OCH3 is 3. The third-order valence-corrected chi connectivity index (χ3v) is 4.85. The Morgan fingerprint density at radius 3 is 2.46 bits per heavy atom. The zero-order chi connectivity index (χ0) is 20.3. The minimum Gasteiger partial charge on any atom is -0.493 e. The number of fused-ring (bicyclic) bond motifs is 1. The SMILES string of the molecule is COc1cc(NC(=O)Cn2nc3c(cc2=O)C[C@@H](C)CC3)cc(OC)c1OC. The quantitative estimate of drug-likeness (QED) is 0.816. The molecule has 0 fully saturated rings. The van der Waals surface area contributed by atoms with Crippen LogP contribution in [0, 0.1) is 5.92 Å². The molecule has 1 N–H and O–H groups in total. The van der Waals surface area contributed by atoms with Crippen molar-refractivity contribution in [3.8, 4) is 17.2 Å². The summed E-state index contributed by atoms with van der Waals surface area (Å²) < 4.78 is 17.1. The molecule has 1 heterocycles. The molecule has 0 radical (unpaired) electrons. The van der Waals surface area contributed by atoms with Crippen molar-refractivity contribution in [3.05, 3.63) is 39.8 Å². The molecule has 1 aromatic heterocycles. The Labute approximate surface area is 163 Å². The number of benzene rings is 1. The molecule has 0 saturated heterocycles. The third kappa shape index (κ3) is 4.11. The van der Waals surface area contributed by atoms with E-state index in [9.17, 15) is 9.59 Å². The van der Waals surface area contributed by atoms with Gasteiger partial charge >= 0.3 is 0 Å². The lowest BCUT2D eigenvalue weighted by Gasteiger charge is -2.20. The van der Waals surface area contributed by atoms with E-state index in [0.29, 0.717) is 28.9 Å². The number of hydrogen-bond acceptors (Lipinski definition) is 6. The fourth-order valence-corrected chi connectivity index (χ4v) is 3.42. The summed E-state index contributed by atoms with van der Waals surface area (Å²) >= 11 is 0. The molecule has 8 heteroatoms. The van der Waals surface area contributed by atoms with Gasteiger partial charge in [0.05, 0.1) is 27.0 Å². The number of aryl methyl sites for hydroxylation is 1. The van der Waals surface area contributed by atoms with E-state index >= 15 is 0 Å². The summed E-state index contributed by atoms with van der Waals surface area (Å²) in [6.07, 6.45) is 2.72. The summed E-state index contributed by atoms with van der Waals surface area (Å²) in [6, 6.07) is 4.86. The lowest BCUT2D eigenvalue weighted by molar-refractivity contribution is -0.117. The normalized spacial score (nSPS) is 15.5. The van der Waals surface area contributed by atoms with Crippen LogP contribution in [-0.4, -0.2) is 37.0 Å². The van der Waals surface area contributed by atoms with Crippen LogP contribution in [0.3, 0.4) is 0 Å². The molecule has 1 aromatic carbocycles. The van der Waals surface area contributed by atoms with Crippen molar-refractivity contribution in [3.63, 3.8) is 0 Å². The smallest absolute Gasteiger partial charge is 0.267 e. The molecule has 28 heavy (non-hydrogen) atoms. The van der Waals surface area contributed by atoms with Gasteiger partial charge in [-0.3, -0.25) is 9.59 Å². The summed E-state index contributed by atoms with van der Waals surface area (Å²) in [6.45, 7) is 2.00. The van der Waals surface area contributed by atoms with Gasteiger partial charge in [0.15, 0.2) is 11.5 Å². The lowest BCUT2D eigenvalue weighted by atomic mass is 9.88. The first kappa shape index (κ1) is 19.7. The Morgan fingerprint density at radius 1 is 1.18 bits per heavy atom. The number of ether oxygens (including phenoxy) is 3. The maximum Gasteiger partial charge on any atom is 0.267 e. The Balaban J connectivity index is 1.79. The second kappa shape index (κ2) is 8.33. The first-order valence-corrected chi connectivity index (χ1v) is 9.15. The molecule has 0 spiro atoms. The van der Waals surface area contributed by atoms with Gasteiger partial charge in [-0.1, -0.05) is 6.92 Å². The molecule has 1 aliphatic rings. The first-order valence-electron chi connectivity index (χ1n) is 9.15. The molecular formula is C20H25N3O5. The number of nitrogens with one attached hydrogen (secondary N) is 1. The van der Waals surface area contributed by atoms with E-state index < -0.39 is 0 Å². The average molecular weight is 387 g/mol. The van der Waals surface area contributed by atoms with Crippen molar-refractivity contribution in [2.45, 2.75) is 32.7 Å². The van der Waals surface area contributed by atoms with Crippen molar-refractivity contribution in [1.29, 1.82) is 0 Å². The molecule has 0 unspecified atom stereocenters. The standard InChI is InChI=1S/C20H25N3O5/c1-12-5-6-15-13(7-12)8-19(25)23(22-15)11-18(24)21-14-9-16(26-2)20(28-4)17(10-14)27-3/h8-10,12H,5-7,11H2,1-4H3,(H,21,24)/t12-/m0/s1. The molecule has 1 atom stereocenters. The van der Waals surface area contributed by atoms with Gasteiger partial charge in [-0.2, -0.15) is 5.10 Å². The van der Waals surface area contributed by atoms with Crippen molar-refractivity contribution >= 4 is 11.6 Å². The van der Waals surface area contributed by atoms with Crippen molar-refractivity contribution in [1.82, 2.24) is 9.78 Å². The van der Waals surface area contributed by atoms with Crippen molar-refractivity contribution in [2.24, 2.45) is 5.92 Å². The summed E-state index contributed by atoms with van der Waals surface area (Å²) in [5.74, 6) is 1.47. The number of amides is 1. The van der Waals surface area contributed by atoms with Crippen LogP contribution in [-0.2, 0) is 24.2 Å². The van der Waals surface area contributed by atoms with E-state index in [1.807, 2.05) is 0 Å². The lowest BCUT2D eigenvalue weighted by Crippen LogP contribution is -2.32. The van der Waals surface area contributed by atoms with Gasteiger partial charge in [0, 0.05) is 23.9 Å². The molecule has 0 aliphatic heterocycles. The maximum absolute atomic E-state index is 12.5. The highest BCUT2D eigenvalue weighted by atomic mass is 16.5. The zero-order valence-corrected chi connectivity index (χ0v) is 16.6. The van der Waals surface area contributed by atoms with Crippen LogP contribution in [0.4, 0.5) is 5.69 Å². The minimum absolute atomic E-state index is 0.168. The highest BCUT2D eigenvalue weighted by Gasteiger charge is 2.19. The van der Waals surface area contributed by atoms with E-state index in [0.717, 1.165) is 30.5 Å². The predicted molar refractivity (Wildman–Crippen MR) is 104 cm³/mol. The zero-order valence-electron chi connectivity index (χ0n) is 16.6. The molecule has 150 valence electrons. The fraction of sp³-hybridized carbons (Fsp3) is 0.450. The Morgan fingerprint density at radius 2 is 1.86 bits per heavy atom. The summed E-state index contributed by atoms with van der Waals surface area (Å²) in [4.78, 5) is 24.8. The summed E-state index contributed by atoms with van der Waals surface area (Å²) in [7, 11) is 4.51. The van der Waals surface area contributed by atoms with E-state index in [1.54, 1.807) is 18.2 Å². The van der Waals surface area contributed by atoms with Gasteiger partial charge in [0.1, 0.15) is 6.54 Å². The molecule has 1 amide bonds. The molecular weight excluding hydrogens is 362 g/mol. The van der Waals surface area contributed by atoms with Gasteiger partial charge < -0.3 is 19.5 Å². The van der Waals surface area contributed by atoms with Crippen LogP contribution < -0.4 is 25.1 Å². The third-order valence-electron chi connectivity index (χ3n) is 4.85. The van der Waals surface area contributed by atoms with Crippen molar-refractivity contribution in [2.75, 3.05) is 26.6 Å². The van der Waals surface area contributed by atoms with Gasteiger partial charge in [0.25, 0.3) is 5.56 Å². The minimum atomic E-state index is -0.368. The number of carbonyl (C=O) groups excluding carboxylic acids is 1. The molecule has 8 nitrogen and oxygen atoms in total. The topological polar surface area (TPSA) is 91.7 Å². The number of nitrogens with zero attached hydrogens (tertiary/aromatic N) is 2. The summed E-state index contributed by atoms with van der Waals surface area (Å²) in [5.41, 5.74) is 2.09. The highest BCUT2D eigenvalue weighted by molar-refractivity contribution is 5.91. The van der Waals surface area contributed by atoms with Crippen LogP contribution in [0.25, 0.3) is 0 Å². The molecule has 1 aliphatic carbocycles. The van der Waals surface area contributed by atoms with Crippen LogP contribution >= 0.6 is 0 Å². The van der Waals surface area contributed by atoms with Gasteiger partial charge in [0.2, 0.25) is 11.7 Å². The first-order chi connectivity index (χ1) is 13.4. The van der Waals surface area contributed by atoms with Gasteiger partial charge in [-0.25, -0.2) is 4.68 Å². The van der Waals surface area contributed by atoms with Crippen molar-refractivity contribution < 1.29 is 19.0 Å². The second-order valence-electron chi connectivity index (χ2n) is 6.92. The molecule has 3 rings (SSSR count). The summed E-state index contributed by atoms with van der Waals surface area (Å²) in [5, 5.41) is 7.15. The number of rotatable bonds is 6. The Kier molecular flexibility index (Phi) is 5.87. The monoisotopic (exact) mass is 387 g/mol. The highest BCUT2D eigenvalue weighted by Crippen LogP contribution is 2.39. The number of aromatic nitrogens is 2. The van der Waals surface area contributed by atoms with Crippen LogP contribution in [0.2, 0.25) is 0 Å². The number of hydrogen-bond donors (Lipinski definition) is 1. The predicted octanol–water partition coefficient (Wildman–Crippen LogP) is 2.03. The molecule has 2 aromatic rings. The molecule has 0 bridgehead atoms. The van der Waals surface area contributed by atoms with E-state index in [-0.39, 0.29) is 18.0 Å².